The second kappa shape index (κ2) is 20.3. The number of esters is 4. The van der Waals surface area contributed by atoms with Crippen LogP contribution in [0.25, 0.3) is 11.2 Å². The summed E-state index contributed by atoms with van der Waals surface area (Å²) in [6, 6.07) is 0. The third-order valence-electron chi connectivity index (χ3n) is 8.01. The van der Waals surface area contributed by atoms with Crippen molar-refractivity contribution >= 4 is 40.9 Å². The summed E-state index contributed by atoms with van der Waals surface area (Å²) in [5, 5.41) is 0. The van der Waals surface area contributed by atoms with Crippen LogP contribution >= 0.6 is 0 Å². The zero-order chi connectivity index (χ0) is 35.6. The average Bonchev–Trinajstić information content (AvgIpc) is 3.70. The van der Waals surface area contributed by atoms with Gasteiger partial charge in [0.2, 0.25) is 0 Å². The number of hydrogen-bond donors (Lipinski definition) is 1. The van der Waals surface area contributed by atoms with Crippen molar-refractivity contribution in [2.45, 2.75) is 128 Å². The Hall–Kier alpha value is -4.32. The Kier molecular flexibility index (Phi) is 16.2. The number of unbranched alkanes of at least 4 members (excludes halogenated alkanes) is 6. The number of carbonyl (C=O) groups excluding carboxylic acids is 4. The minimum Gasteiger partial charge on any atom is -0.462 e. The largest absolute Gasteiger partial charge is 0.462 e. The van der Waals surface area contributed by atoms with Crippen LogP contribution in [-0.2, 0) is 42.9 Å². The first kappa shape index (κ1) is 39.1. The fourth-order valence-electron chi connectivity index (χ4n) is 5.22. The van der Waals surface area contributed by atoms with E-state index in [-0.39, 0.29) is 68.9 Å². The van der Waals surface area contributed by atoms with E-state index in [4.69, 9.17) is 35.8 Å². The van der Waals surface area contributed by atoms with Gasteiger partial charge in [0, 0.05) is 25.7 Å². The fraction of sp³-hybridized carbons (Fsp3) is 0.676. The Bertz CT molecular complexity index is 1420. The van der Waals surface area contributed by atoms with Gasteiger partial charge in [-0.1, -0.05) is 58.3 Å². The predicted molar refractivity (Wildman–Crippen MR) is 175 cm³/mol. The molecule has 2 atom stereocenters. The minimum atomic E-state index is -1.24. The lowest BCUT2D eigenvalue weighted by atomic mass is 10.0. The minimum absolute atomic E-state index is 0.106. The van der Waals surface area contributed by atoms with Gasteiger partial charge in [-0.25, -0.2) is 4.98 Å². The number of nitrogen functional groups attached to an aromatic ring is 1. The van der Waals surface area contributed by atoms with E-state index in [9.17, 15) is 23.6 Å². The molecule has 3 heterocycles. The summed E-state index contributed by atoms with van der Waals surface area (Å²) in [5.41, 5.74) is 4.88. The first-order valence-corrected chi connectivity index (χ1v) is 17.1. The molecular weight excluding hydrogens is 641 g/mol. The first-order valence-electron chi connectivity index (χ1n) is 17.1. The summed E-state index contributed by atoms with van der Waals surface area (Å²) in [6.45, 7) is 3.42. The zero-order valence-corrected chi connectivity index (χ0v) is 28.5. The van der Waals surface area contributed by atoms with Crippen LogP contribution in [0.5, 0.6) is 0 Å². The van der Waals surface area contributed by atoms with Crippen molar-refractivity contribution in [3.63, 3.8) is 0 Å². The number of halogens is 1. The van der Waals surface area contributed by atoms with Crippen molar-refractivity contribution in [3.8, 4) is 12.3 Å². The number of terminal acetylenes is 1. The summed E-state index contributed by atoms with van der Waals surface area (Å²) in [4.78, 5) is 60.9. The number of nitrogens with two attached hydrogens (primary N) is 1. The number of nitrogens with zero attached hydrogens (tertiary/aromatic N) is 4. The smallest absolute Gasteiger partial charge is 0.312 e. The molecule has 0 aromatic carbocycles. The van der Waals surface area contributed by atoms with Gasteiger partial charge in [0.1, 0.15) is 26.0 Å². The van der Waals surface area contributed by atoms with Gasteiger partial charge in [0.05, 0.1) is 6.33 Å². The maximum atomic E-state index is 13.8. The molecule has 2 aromatic heterocycles. The van der Waals surface area contributed by atoms with E-state index in [2.05, 4.69) is 34.7 Å². The van der Waals surface area contributed by atoms with Gasteiger partial charge in [-0.3, -0.25) is 23.7 Å². The Morgan fingerprint density at radius 2 is 1.53 bits per heavy atom. The topological polar surface area (TPSA) is 184 Å². The van der Waals surface area contributed by atoms with Gasteiger partial charge in [-0.2, -0.15) is 14.4 Å². The van der Waals surface area contributed by atoms with E-state index >= 15 is 0 Å². The molecule has 2 N–H and O–H groups in total. The maximum Gasteiger partial charge on any atom is 0.312 e. The van der Waals surface area contributed by atoms with Crippen LogP contribution in [0.4, 0.5) is 10.2 Å². The molecule has 1 aliphatic rings. The van der Waals surface area contributed by atoms with E-state index in [1.165, 1.54) is 10.9 Å². The molecule has 0 amide bonds. The van der Waals surface area contributed by atoms with E-state index in [0.717, 1.165) is 38.5 Å². The standard InChI is InChI=1S/C34H48FN5O9/c1-4-7-9-11-14-26(41)45-20-24(21-46-27(42)15-12-10-8-5-2)48-29(44)17-13-16-28(43)47-22-34(6-3)19-18-25(49-34)40-23-37-30-31(36)38-33(35)39-32(30)40/h3,23-25H,4-5,7-22H2,1-2H3,(H2,36,38,39)/t25-,34+/m1/s1. The van der Waals surface area contributed by atoms with E-state index in [1.807, 2.05) is 0 Å². The molecule has 1 saturated heterocycles. The number of imidazole rings is 1. The van der Waals surface area contributed by atoms with E-state index in [1.54, 1.807) is 0 Å². The molecule has 0 spiro atoms. The van der Waals surface area contributed by atoms with Gasteiger partial charge in [0.15, 0.2) is 28.7 Å². The quantitative estimate of drug-likeness (QED) is 0.0581. The van der Waals surface area contributed by atoms with Gasteiger partial charge in [-0.05, 0) is 32.1 Å². The molecule has 3 rings (SSSR count). The Balaban J connectivity index is 1.43. The molecular formula is C34H48FN5O9. The third-order valence-corrected chi connectivity index (χ3v) is 8.01. The molecule has 0 saturated carbocycles. The van der Waals surface area contributed by atoms with Crippen molar-refractivity contribution in [1.82, 2.24) is 19.5 Å². The molecule has 1 fully saturated rings. The molecule has 0 radical (unpaired) electrons. The summed E-state index contributed by atoms with van der Waals surface area (Å²) < 4.78 is 42.8. The van der Waals surface area contributed by atoms with Crippen molar-refractivity contribution in [3.05, 3.63) is 12.4 Å². The molecule has 49 heavy (non-hydrogen) atoms. The van der Waals surface area contributed by atoms with Crippen molar-refractivity contribution in [2.75, 3.05) is 25.6 Å². The van der Waals surface area contributed by atoms with Gasteiger partial charge in [-0.15, -0.1) is 6.42 Å². The normalized spacial score (nSPS) is 17.2. The second-order valence-corrected chi connectivity index (χ2v) is 12.1. The van der Waals surface area contributed by atoms with Crippen LogP contribution < -0.4 is 5.73 Å². The average molecular weight is 690 g/mol. The van der Waals surface area contributed by atoms with E-state index in [0.29, 0.717) is 25.7 Å². The highest BCUT2D eigenvalue weighted by Crippen LogP contribution is 2.38. The SMILES string of the molecule is C#C[C@@]1(COC(=O)CCCC(=O)OC(COC(=O)CCCCCC)COC(=O)CCCCCC)CC[C@H](n2cnc3c(N)nc(F)nc32)O1. The van der Waals surface area contributed by atoms with Gasteiger partial charge in [0.25, 0.3) is 0 Å². The molecule has 0 bridgehead atoms. The lowest BCUT2D eigenvalue weighted by molar-refractivity contribution is -0.167. The van der Waals surface area contributed by atoms with Crippen molar-refractivity contribution in [1.29, 1.82) is 0 Å². The van der Waals surface area contributed by atoms with Crippen LogP contribution in [0.15, 0.2) is 6.33 Å². The van der Waals surface area contributed by atoms with Gasteiger partial charge < -0.3 is 29.4 Å². The van der Waals surface area contributed by atoms with Gasteiger partial charge >= 0.3 is 30.0 Å². The molecule has 14 nitrogen and oxygen atoms in total. The lowest BCUT2D eigenvalue weighted by Gasteiger charge is -2.23. The van der Waals surface area contributed by atoms with Crippen LogP contribution in [0.1, 0.15) is 116 Å². The van der Waals surface area contributed by atoms with Crippen LogP contribution in [-0.4, -0.2) is 74.9 Å². The molecule has 15 heteroatoms. The summed E-state index contributed by atoms with van der Waals surface area (Å²) in [6.07, 6.45) is 13.0. The third kappa shape index (κ3) is 12.9. The number of ether oxygens (including phenoxy) is 5. The number of aromatic nitrogens is 4. The maximum absolute atomic E-state index is 13.8. The number of hydrogen-bond acceptors (Lipinski definition) is 13. The van der Waals surface area contributed by atoms with Crippen LogP contribution in [0, 0.1) is 18.4 Å². The molecule has 270 valence electrons. The Morgan fingerprint density at radius 3 is 2.14 bits per heavy atom. The van der Waals surface area contributed by atoms with Crippen molar-refractivity contribution < 1.29 is 47.3 Å². The zero-order valence-electron chi connectivity index (χ0n) is 28.5. The van der Waals surface area contributed by atoms with Crippen LogP contribution in [0.3, 0.4) is 0 Å². The number of fused-ring (bicyclic) bond motifs is 1. The number of carbonyl (C=O) groups is 4. The highest BCUT2D eigenvalue weighted by molar-refractivity contribution is 5.81. The summed E-state index contributed by atoms with van der Waals surface area (Å²) >= 11 is 0. The molecule has 2 aromatic rings. The number of rotatable bonds is 22. The Morgan fingerprint density at radius 1 is 0.939 bits per heavy atom. The lowest BCUT2D eigenvalue weighted by Crippen LogP contribution is -2.34. The first-order chi connectivity index (χ1) is 23.6. The Labute approximate surface area is 285 Å². The highest BCUT2D eigenvalue weighted by Gasteiger charge is 2.41. The molecule has 0 aliphatic carbocycles. The predicted octanol–water partition coefficient (Wildman–Crippen LogP) is 4.88. The summed E-state index contributed by atoms with van der Waals surface area (Å²) in [7, 11) is 0. The fourth-order valence-corrected chi connectivity index (χ4v) is 5.22. The van der Waals surface area contributed by atoms with Crippen molar-refractivity contribution in [2.24, 2.45) is 0 Å². The second-order valence-electron chi connectivity index (χ2n) is 12.1. The molecule has 0 unspecified atom stereocenters. The summed E-state index contributed by atoms with van der Waals surface area (Å²) in [5.74, 6) is 0.363. The highest BCUT2D eigenvalue weighted by atomic mass is 19.1. The van der Waals surface area contributed by atoms with E-state index < -0.39 is 47.9 Å². The van der Waals surface area contributed by atoms with Crippen LogP contribution in [0.2, 0.25) is 0 Å². The molecule has 1 aliphatic heterocycles. The number of anilines is 1. The monoisotopic (exact) mass is 689 g/mol.